The maximum absolute atomic E-state index is 9.28. The van der Waals surface area contributed by atoms with E-state index in [1.165, 1.54) is 0 Å². The zero-order chi connectivity index (χ0) is 9.49. The Morgan fingerprint density at radius 1 is 1.58 bits per heavy atom. The molecule has 0 unspecified atom stereocenters. The normalized spacial score (nSPS) is 8.75. The first kappa shape index (κ1) is 18.3. The molecule has 0 fully saturated rings. The standard InChI is InChI=1S/C5H13N.C4H5O.Y/c1-5-6(2,3)4;1-4(2)3-5;/h2,5H2,1,3-4H3;1H2,2H3;/q;-1;. The summed E-state index contributed by atoms with van der Waals surface area (Å²) in [6, 6.07) is 0. The molecule has 0 aliphatic heterocycles. The van der Waals surface area contributed by atoms with Gasteiger partial charge in [-0.05, 0) is 13.2 Å². The molecule has 0 saturated carbocycles. The van der Waals surface area contributed by atoms with E-state index in [-0.39, 0.29) is 32.7 Å². The first-order valence-corrected chi connectivity index (χ1v) is 3.54. The number of quaternary nitrogens is 1. The van der Waals surface area contributed by atoms with Crippen LogP contribution in [0.1, 0.15) is 13.8 Å². The van der Waals surface area contributed by atoms with Crippen molar-refractivity contribution in [1.29, 1.82) is 0 Å². The largest absolute Gasteiger partial charge is 0.462 e. The van der Waals surface area contributed by atoms with Crippen LogP contribution < -0.4 is 0 Å². The summed E-state index contributed by atoms with van der Waals surface area (Å²) in [5.74, 6) is 0. The van der Waals surface area contributed by atoms with Gasteiger partial charge in [0.2, 0.25) is 0 Å². The van der Waals surface area contributed by atoms with Crippen molar-refractivity contribution in [2.24, 2.45) is 0 Å². The number of hydrogen-bond acceptors (Lipinski definition) is 1. The molecule has 0 aliphatic carbocycles. The SMILES string of the molecule is C=C(C)[C-]=O.[CH2-][N+](C)(C)CC.[Y]. The van der Waals surface area contributed by atoms with Crippen LogP contribution >= 0.6 is 0 Å². The number of carbonyl (C=O) groups excluding carboxylic acids is 1. The van der Waals surface area contributed by atoms with Crippen molar-refractivity contribution in [1.82, 2.24) is 0 Å². The van der Waals surface area contributed by atoms with E-state index in [4.69, 9.17) is 0 Å². The summed E-state index contributed by atoms with van der Waals surface area (Å²) in [5.41, 5.74) is 0.449. The zero-order valence-corrected chi connectivity index (χ0v) is 11.4. The van der Waals surface area contributed by atoms with Gasteiger partial charge in [0.15, 0.2) is 0 Å². The average Bonchev–Trinajstić information content (AvgIpc) is 1.88. The smallest absolute Gasteiger partial charge is 0.0512 e. The number of nitrogens with zero attached hydrogens (tertiary/aromatic N) is 1. The van der Waals surface area contributed by atoms with E-state index in [9.17, 15) is 4.79 Å². The summed E-state index contributed by atoms with van der Waals surface area (Å²) < 4.78 is 0.819. The second-order valence-electron chi connectivity index (χ2n) is 3.13. The fourth-order valence-electron chi connectivity index (χ4n) is 0. The molecule has 69 valence electrons. The number of allylic oxidation sites excluding steroid dienone is 1. The Balaban J connectivity index is -0.000000126. The Hall–Kier alpha value is 0.474. The molecule has 0 aromatic carbocycles. The predicted molar refractivity (Wildman–Crippen MR) is 48.5 cm³/mol. The molecule has 0 rings (SSSR count). The van der Waals surface area contributed by atoms with Crippen molar-refractivity contribution < 1.29 is 42.0 Å². The van der Waals surface area contributed by atoms with Crippen LogP contribution in [0, 0.1) is 7.05 Å². The van der Waals surface area contributed by atoms with E-state index in [2.05, 4.69) is 34.6 Å². The monoisotopic (exact) mass is 245 g/mol. The Labute approximate surface area is 101 Å². The third-order valence-electron chi connectivity index (χ3n) is 1.03. The number of rotatable bonds is 2. The summed E-state index contributed by atoms with van der Waals surface area (Å²) in [7, 11) is 7.97. The van der Waals surface area contributed by atoms with Crippen LogP contribution in [-0.2, 0) is 37.5 Å². The van der Waals surface area contributed by atoms with E-state index < -0.39 is 0 Å². The molecule has 0 heterocycles. The molecule has 1 radical (unpaired) electrons. The Morgan fingerprint density at radius 2 is 1.75 bits per heavy atom. The van der Waals surface area contributed by atoms with E-state index in [1.54, 1.807) is 13.2 Å². The van der Waals surface area contributed by atoms with Gasteiger partial charge in [-0.1, -0.05) is 6.92 Å². The van der Waals surface area contributed by atoms with Crippen LogP contribution in [0.15, 0.2) is 12.2 Å². The maximum atomic E-state index is 9.28. The van der Waals surface area contributed by atoms with Crippen molar-refractivity contribution in [2.45, 2.75) is 13.8 Å². The van der Waals surface area contributed by atoms with E-state index in [0.29, 0.717) is 5.57 Å². The first-order chi connectivity index (χ1) is 4.83. The van der Waals surface area contributed by atoms with Gasteiger partial charge in [-0.2, -0.15) is 5.57 Å². The molecule has 0 aromatic rings. The van der Waals surface area contributed by atoms with Crippen molar-refractivity contribution in [2.75, 3.05) is 20.6 Å². The molecular weight excluding hydrogens is 227 g/mol. The molecule has 0 spiro atoms. The number of hydrogen-bond donors (Lipinski definition) is 0. The van der Waals surface area contributed by atoms with Gasteiger partial charge in [-0.25, -0.2) is 6.58 Å². The minimum absolute atomic E-state index is 0. The Bertz CT molecular complexity index is 127. The van der Waals surface area contributed by atoms with Gasteiger partial charge in [0.1, 0.15) is 0 Å². The molecule has 0 saturated heterocycles. The van der Waals surface area contributed by atoms with Crippen LogP contribution in [0.4, 0.5) is 0 Å². The summed E-state index contributed by atoms with van der Waals surface area (Å²) in [6.45, 7) is 8.07. The van der Waals surface area contributed by atoms with Gasteiger partial charge in [0.05, 0.1) is 6.54 Å². The van der Waals surface area contributed by atoms with E-state index in [0.717, 1.165) is 11.0 Å². The quantitative estimate of drug-likeness (QED) is 0.410. The molecular formula is C9H18NOY-. The van der Waals surface area contributed by atoms with Crippen LogP contribution in [0.2, 0.25) is 0 Å². The predicted octanol–water partition coefficient (Wildman–Crippen LogP) is 1.54. The van der Waals surface area contributed by atoms with Crippen molar-refractivity contribution in [3.8, 4) is 0 Å². The topological polar surface area (TPSA) is 17.1 Å². The zero-order valence-electron chi connectivity index (χ0n) is 8.55. The summed E-state index contributed by atoms with van der Waals surface area (Å²) >= 11 is 0. The minimum atomic E-state index is 0. The average molecular weight is 245 g/mol. The fraction of sp³-hybridized carbons (Fsp3) is 0.556. The van der Waals surface area contributed by atoms with Gasteiger partial charge in [0, 0.05) is 46.8 Å². The molecule has 0 N–H and O–H groups in total. The molecule has 12 heavy (non-hydrogen) atoms. The third-order valence-corrected chi connectivity index (χ3v) is 1.03. The van der Waals surface area contributed by atoms with Crippen molar-refractivity contribution >= 4 is 6.29 Å². The third kappa shape index (κ3) is 31.4. The van der Waals surface area contributed by atoms with Gasteiger partial charge in [-0.15, -0.1) is 7.05 Å². The molecule has 0 atom stereocenters. The first-order valence-electron chi connectivity index (χ1n) is 3.54. The van der Waals surface area contributed by atoms with E-state index >= 15 is 0 Å². The molecule has 0 aliphatic rings. The Kier molecular flexibility index (Phi) is 14.6. The van der Waals surface area contributed by atoms with Crippen LogP contribution in [0.5, 0.6) is 0 Å². The van der Waals surface area contributed by atoms with Gasteiger partial charge >= 0.3 is 0 Å². The van der Waals surface area contributed by atoms with Crippen LogP contribution in [0.25, 0.3) is 0 Å². The Morgan fingerprint density at radius 3 is 1.75 bits per heavy atom. The summed E-state index contributed by atoms with van der Waals surface area (Å²) in [6.07, 6.45) is 1.58. The maximum Gasteiger partial charge on any atom is 0.0512 e. The molecule has 0 aromatic heterocycles. The van der Waals surface area contributed by atoms with Crippen molar-refractivity contribution in [3.05, 3.63) is 19.2 Å². The summed E-state index contributed by atoms with van der Waals surface area (Å²) in [4.78, 5) is 9.28. The second kappa shape index (κ2) is 9.56. The van der Waals surface area contributed by atoms with Crippen LogP contribution in [0.3, 0.4) is 0 Å². The summed E-state index contributed by atoms with van der Waals surface area (Å²) in [5, 5.41) is 0. The second-order valence-corrected chi connectivity index (χ2v) is 3.13. The molecule has 0 bridgehead atoms. The van der Waals surface area contributed by atoms with Gasteiger partial charge in [0.25, 0.3) is 0 Å². The molecule has 0 amide bonds. The van der Waals surface area contributed by atoms with Gasteiger partial charge < -0.3 is 9.28 Å². The van der Waals surface area contributed by atoms with Crippen LogP contribution in [-0.4, -0.2) is 31.4 Å². The van der Waals surface area contributed by atoms with E-state index in [1.807, 2.05) is 0 Å². The van der Waals surface area contributed by atoms with Gasteiger partial charge in [-0.3, -0.25) is 0 Å². The molecule has 3 heteroatoms. The van der Waals surface area contributed by atoms with Crippen molar-refractivity contribution in [3.63, 3.8) is 0 Å². The minimum Gasteiger partial charge on any atom is -0.462 e. The fourth-order valence-corrected chi connectivity index (χ4v) is 0. The molecule has 2 nitrogen and oxygen atoms in total.